The molecule has 0 atom stereocenters. The minimum absolute atomic E-state index is 0.0461. The molecule has 1 aromatic rings. The van der Waals surface area contributed by atoms with Crippen LogP contribution in [0.3, 0.4) is 0 Å². The molecule has 5 nitrogen and oxygen atoms in total. The van der Waals surface area contributed by atoms with E-state index in [-0.39, 0.29) is 11.7 Å². The highest BCUT2D eigenvalue weighted by Crippen LogP contribution is 2.34. The number of carbonyl (C=O) groups is 1. The zero-order chi connectivity index (χ0) is 13.8. The predicted molar refractivity (Wildman–Crippen MR) is 75.6 cm³/mol. The lowest BCUT2D eigenvalue weighted by atomic mass is 10.1. The zero-order valence-electron chi connectivity index (χ0n) is 10.9. The number of piperazine rings is 1. The van der Waals surface area contributed by atoms with E-state index in [4.69, 9.17) is 11.6 Å². The molecule has 1 aliphatic rings. The Bertz CT molecular complexity index is 473. The molecular weight excluding hydrogens is 266 g/mol. The van der Waals surface area contributed by atoms with Gasteiger partial charge in [0.1, 0.15) is 5.75 Å². The summed E-state index contributed by atoms with van der Waals surface area (Å²) in [4.78, 5) is 13.5. The number of carbonyl (C=O) groups excluding carboxylic acids is 1. The standard InChI is InChI=1S/C13H18ClN3O2/c1-9(18)16-13-10(11(14)2-3-12(13)19)8-17-6-4-15-5-7-17/h2-3,15,19H,4-8H2,1H3,(H,16,18). The van der Waals surface area contributed by atoms with Gasteiger partial charge in [0.25, 0.3) is 0 Å². The number of hydrogen-bond acceptors (Lipinski definition) is 4. The van der Waals surface area contributed by atoms with Crippen molar-refractivity contribution in [3.8, 4) is 5.75 Å². The Morgan fingerprint density at radius 2 is 2.16 bits per heavy atom. The van der Waals surface area contributed by atoms with Crippen LogP contribution in [0.1, 0.15) is 12.5 Å². The van der Waals surface area contributed by atoms with Crippen molar-refractivity contribution in [3.05, 3.63) is 22.7 Å². The molecule has 1 aliphatic heterocycles. The number of phenolic OH excluding ortho intramolecular Hbond substituents is 1. The molecule has 104 valence electrons. The molecule has 1 fully saturated rings. The minimum Gasteiger partial charge on any atom is -0.506 e. The van der Waals surface area contributed by atoms with Gasteiger partial charge in [-0.25, -0.2) is 0 Å². The van der Waals surface area contributed by atoms with Crippen LogP contribution >= 0.6 is 11.6 Å². The van der Waals surface area contributed by atoms with Crippen molar-refractivity contribution in [1.82, 2.24) is 10.2 Å². The summed E-state index contributed by atoms with van der Waals surface area (Å²) in [5.74, 6) is -0.177. The number of rotatable bonds is 3. The molecule has 0 saturated carbocycles. The van der Waals surface area contributed by atoms with Gasteiger partial charge in [0.15, 0.2) is 0 Å². The molecule has 0 spiro atoms. The Kier molecular flexibility index (Phi) is 4.63. The number of nitrogens with zero attached hydrogens (tertiary/aromatic N) is 1. The van der Waals surface area contributed by atoms with Gasteiger partial charge in [-0.3, -0.25) is 9.69 Å². The quantitative estimate of drug-likeness (QED) is 0.734. The third kappa shape index (κ3) is 3.59. The number of nitrogens with one attached hydrogen (secondary N) is 2. The van der Waals surface area contributed by atoms with E-state index in [0.29, 0.717) is 17.3 Å². The Labute approximate surface area is 117 Å². The van der Waals surface area contributed by atoms with Crippen molar-refractivity contribution in [2.45, 2.75) is 13.5 Å². The monoisotopic (exact) mass is 283 g/mol. The second kappa shape index (κ2) is 6.23. The van der Waals surface area contributed by atoms with Crippen molar-refractivity contribution in [1.29, 1.82) is 0 Å². The SMILES string of the molecule is CC(=O)Nc1c(O)ccc(Cl)c1CN1CCNCC1. The van der Waals surface area contributed by atoms with E-state index in [9.17, 15) is 9.90 Å². The topological polar surface area (TPSA) is 64.6 Å². The van der Waals surface area contributed by atoms with E-state index in [2.05, 4.69) is 15.5 Å². The molecule has 0 unspecified atom stereocenters. The molecule has 1 amide bonds. The third-order valence-electron chi connectivity index (χ3n) is 3.13. The molecule has 6 heteroatoms. The fourth-order valence-corrected chi connectivity index (χ4v) is 2.39. The van der Waals surface area contributed by atoms with Crippen molar-refractivity contribution in [2.75, 3.05) is 31.5 Å². The van der Waals surface area contributed by atoms with Crippen molar-refractivity contribution in [3.63, 3.8) is 0 Å². The first-order valence-electron chi connectivity index (χ1n) is 6.29. The maximum atomic E-state index is 11.2. The van der Waals surface area contributed by atoms with Gasteiger partial charge in [0, 0.05) is 50.2 Å². The van der Waals surface area contributed by atoms with Crippen LogP contribution in [0.15, 0.2) is 12.1 Å². The van der Waals surface area contributed by atoms with E-state index in [1.807, 2.05) is 0 Å². The molecule has 19 heavy (non-hydrogen) atoms. The van der Waals surface area contributed by atoms with Gasteiger partial charge in [-0.2, -0.15) is 0 Å². The summed E-state index contributed by atoms with van der Waals surface area (Å²) in [6.07, 6.45) is 0. The minimum atomic E-state index is -0.223. The average molecular weight is 284 g/mol. The number of anilines is 1. The average Bonchev–Trinajstić information content (AvgIpc) is 2.39. The highest BCUT2D eigenvalue weighted by atomic mass is 35.5. The second-order valence-electron chi connectivity index (χ2n) is 4.63. The molecule has 1 heterocycles. The summed E-state index contributed by atoms with van der Waals surface area (Å²) < 4.78 is 0. The second-order valence-corrected chi connectivity index (χ2v) is 5.03. The predicted octanol–water partition coefficient (Wildman–Crippen LogP) is 1.41. The van der Waals surface area contributed by atoms with Gasteiger partial charge in [0.05, 0.1) is 5.69 Å². The van der Waals surface area contributed by atoms with E-state index in [1.54, 1.807) is 6.07 Å². The van der Waals surface area contributed by atoms with Crippen LogP contribution in [0, 0.1) is 0 Å². The molecular formula is C13H18ClN3O2. The summed E-state index contributed by atoms with van der Waals surface area (Å²) >= 11 is 6.20. The smallest absolute Gasteiger partial charge is 0.221 e. The van der Waals surface area contributed by atoms with Gasteiger partial charge in [-0.15, -0.1) is 0 Å². The van der Waals surface area contributed by atoms with Crippen molar-refractivity contribution >= 4 is 23.2 Å². The van der Waals surface area contributed by atoms with Gasteiger partial charge in [0.2, 0.25) is 5.91 Å². The number of halogens is 1. The molecule has 0 radical (unpaired) electrons. The maximum absolute atomic E-state index is 11.2. The Morgan fingerprint density at radius 1 is 1.47 bits per heavy atom. The molecule has 1 aromatic carbocycles. The summed E-state index contributed by atoms with van der Waals surface area (Å²) in [6, 6.07) is 3.15. The fraction of sp³-hybridized carbons (Fsp3) is 0.462. The molecule has 0 bridgehead atoms. The fourth-order valence-electron chi connectivity index (χ4n) is 2.17. The Balaban J connectivity index is 2.25. The Hall–Kier alpha value is -1.30. The van der Waals surface area contributed by atoms with E-state index >= 15 is 0 Å². The normalized spacial score (nSPS) is 16.3. The van der Waals surface area contributed by atoms with Gasteiger partial charge in [-0.05, 0) is 12.1 Å². The summed E-state index contributed by atoms with van der Waals surface area (Å²) in [7, 11) is 0. The van der Waals surface area contributed by atoms with Crippen LogP contribution in [0.5, 0.6) is 5.75 Å². The number of amides is 1. The highest BCUT2D eigenvalue weighted by Gasteiger charge is 2.17. The van der Waals surface area contributed by atoms with Crippen LogP contribution in [-0.4, -0.2) is 42.1 Å². The van der Waals surface area contributed by atoms with Crippen LogP contribution in [0.2, 0.25) is 5.02 Å². The number of benzene rings is 1. The van der Waals surface area contributed by atoms with Gasteiger partial charge >= 0.3 is 0 Å². The lowest BCUT2D eigenvalue weighted by Crippen LogP contribution is -2.43. The Morgan fingerprint density at radius 3 is 2.79 bits per heavy atom. The summed E-state index contributed by atoms with van der Waals surface area (Å²) in [6.45, 7) is 5.74. The van der Waals surface area contributed by atoms with Crippen LogP contribution in [0.4, 0.5) is 5.69 Å². The molecule has 2 rings (SSSR count). The molecule has 3 N–H and O–H groups in total. The van der Waals surface area contributed by atoms with Crippen LogP contribution in [0.25, 0.3) is 0 Å². The number of aromatic hydroxyl groups is 1. The summed E-state index contributed by atoms with van der Waals surface area (Å²) in [5, 5.41) is 16.4. The number of hydrogen-bond donors (Lipinski definition) is 3. The third-order valence-corrected chi connectivity index (χ3v) is 3.48. The molecule has 0 aromatic heterocycles. The van der Waals surface area contributed by atoms with Gasteiger partial charge in [-0.1, -0.05) is 11.6 Å². The molecule has 0 aliphatic carbocycles. The van der Waals surface area contributed by atoms with Gasteiger partial charge < -0.3 is 15.7 Å². The summed E-state index contributed by atoms with van der Waals surface area (Å²) in [5.41, 5.74) is 1.18. The van der Waals surface area contributed by atoms with E-state index < -0.39 is 0 Å². The number of phenols is 1. The zero-order valence-corrected chi connectivity index (χ0v) is 11.6. The first-order valence-corrected chi connectivity index (χ1v) is 6.66. The lowest BCUT2D eigenvalue weighted by Gasteiger charge is -2.28. The van der Waals surface area contributed by atoms with Crippen molar-refractivity contribution in [2.24, 2.45) is 0 Å². The highest BCUT2D eigenvalue weighted by molar-refractivity contribution is 6.32. The maximum Gasteiger partial charge on any atom is 0.221 e. The largest absolute Gasteiger partial charge is 0.506 e. The first-order chi connectivity index (χ1) is 9.08. The van der Waals surface area contributed by atoms with E-state index in [1.165, 1.54) is 13.0 Å². The molecule has 1 saturated heterocycles. The first kappa shape index (κ1) is 14.1. The van der Waals surface area contributed by atoms with Crippen LogP contribution < -0.4 is 10.6 Å². The van der Waals surface area contributed by atoms with Crippen molar-refractivity contribution < 1.29 is 9.90 Å². The van der Waals surface area contributed by atoms with Crippen LogP contribution in [-0.2, 0) is 11.3 Å². The lowest BCUT2D eigenvalue weighted by molar-refractivity contribution is -0.114. The van der Waals surface area contributed by atoms with E-state index in [0.717, 1.165) is 31.7 Å².